The smallest absolute Gasteiger partial charge is 0.272 e. The Morgan fingerprint density at radius 3 is 2.46 bits per heavy atom. The Morgan fingerprint density at radius 2 is 1.73 bits per heavy atom. The highest BCUT2D eigenvalue weighted by Crippen LogP contribution is 2.34. The summed E-state index contributed by atoms with van der Waals surface area (Å²) in [5.41, 5.74) is 3.39. The molecule has 1 aromatic rings. The van der Waals surface area contributed by atoms with E-state index >= 15 is 0 Å². The Labute approximate surface area is 156 Å². The minimum Gasteiger partial charge on any atom is -0.346 e. The average Bonchev–Trinajstić information content (AvgIpc) is 3.09. The van der Waals surface area contributed by atoms with Gasteiger partial charge in [0.1, 0.15) is 0 Å². The number of nitrogens with one attached hydrogen (secondary N) is 1. The van der Waals surface area contributed by atoms with Crippen molar-refractivity contribution in [1.29, 1.82) is 0 Å². The quantitative estimate of drug-likeness (QED) is 0.905. The molecule has 0 spiro atoms. The van der Waals surface area contributed by atoms with Crippen molar-refractivity contribution in [1.82, 2.24) is 20.0 Å². The third-order valence-corrected chi connectivity index (χ3v) is 7.32. The van der Waals surface area contributed by atoms with E-state index in [0.717, 1.165) is 25.1 Å². The van der Waals surface area contributed by atoms with Crippen LogP contribution in [-0.4, -0.2) is 46.3 Å². The van der Waals surface area contributed by atoms with Crippen molar-refractivity contribution < 1.29 is 4.79 Å². The molecule has 5 aliphatic rings. The van der Waals surface area contributed by atoms with E-state index in [4.69, 9.17) is 5.10 Å². The first kappa shape index (κ1) is 16.8. The Bertz CT molecular complexity index is 668. The SMILES string of the molecule is O=C(NC1CN2CCC1CC2)c1nn(C2CCCCC2)c2c1CCCC2. The summed E-state index contributed by atoms with van der Waals surface area (Å²) in [5, 5.41) is 8.31. The van der Waals surface area contributed by atoms with Gasteiger partial charge in [-0.2, -0.15) is 5.10 Å². The standard InChI is InChI=1S/C21H32N4O/c26-21(22-18-14-24-12-10-15(18)11-13-24)20-17-8-4-5-9-19(17)25(23-20)16-6-2-1-3-7-16/h15-16,18H,1-14H2,(H,22,26). The van der Waals surface area contributed by atoms with E-state index in [1.54, 1.807) is 0 Å². The lowest BCUT2D eigenvalue weighted by Crippen LogP contribution is -2.57. The third kappa shape index (κ3) is 2.98. The van der Waals surface area contributed by atoms with Gasteiger partial charge in [0.25, 0.3) is 5.91 Å². The maximum absolute atomic E-state index is 13.2. The van der Waals surface area contributed by atoms with Crippen molar-refractivity contribution >= 4 is 5.91 Å². The lowest BCUT2D eigenvalue weighted by molar-refractivity contribution is 0.0616. The highest BCUT2D eigenvalue weighted by molar-refractivity contribution is 5.94. The molecular formula is C21H32N4O. The predicted octanol–water partition coefficient (Wildman–Crippen LogP) is 3.09. The van der Waals surface area contributed by atoms with E-state index in [0.29, 0.717) is 18.0 Å². The van der Waals surface area contributed by atoms with Crippen molar-refractivity contribution in [3.8, 4) is 0 Å². The van der Waals surface area contributed by atoms with Crippen molar-refractivity contribution in [2.45, 2.75) is 82.7 Å². The van der Waals surface area contributed by atoms with Crippen LogP contribution in [0.3, 0.4) is 0 Å². The monoisotopic (exact) mass is 356 g/mol. The summed E-state index contributed by atoms with van der Waals surface area (Å²) in [6, 6.07) is 0.845. The van der Waals surface area contributed by atoms with E-state index in [-0.39, 0.29) is 5.91 Å². The lowest BCUT2D eigenvalue weighted by atomic mass is 9.84. The van der Waals surface area contributed by atoms with Crippen LogP contribution in [0, 0.1) is 5.92 Å². The molecule has 142 valence electrons. The van der Waals surface area contributed by atoms with Gasteiger partial charge in [-0.05, 0) is 70.4 Å². The van der Waals surface area contributed by atoms with E-state index < -0.39 is 0 Å². The number of hydrogen-bond donors (Lipinski definition) is 1. The zero-order chi connectivity index (χ0) is 17.5. The summed E-state index contributed by atoms with van der Waals surface area (Å²) in [6.07, 6.45) is 13.5. The fraction of sp³-hybridized carbons (Fsp3) is 0.810. The van der Waals surface area contributed by atoms with Gasteiger partial charge in [0.15, 0.2) is 5.69 Å². The largest absolute Gasteiger partial charge is 0.346 e. The zero-order valence-corrected chi connectivity index (χ0v) is 15.9. The van der Waals surface area contributed by atoms with Crippen molar-refractivity contribution in [3.05, 3.63) is 17.0 Å². The molecule has 5 nitrogen and oxygen atoms in total. The van der Waals surface area contributed by atoms with Crippen LogP contribution in [0.5, 0.6) is 0 Å². The number of piperidine rings is 3. The Morgan fingerprint density at radius 1 is 0.962 bits per heavy atom. The number of rotatable bonds is 3. The number of fused-ring (bicyclic) bond motifs is 4. The maximum Gasteiger partial charge on any atom is 0.272 e. The number of aromatic nitrogens is 2. The van der Waals surface area contributed by atoms with Gasteiger partial charge in [-0.25, -0.2) is 0 Å². The second-order valence-electron chi connectivity index (χ2n) is 8.94. The van der Waals surface area contributed by atoms with Crippen LogP contribution < -0.4 is 5.32 Å². The zero-order valence-electron chi connectivity index (χ0n) is 15.9. The van der Waals surface area contributed by atoms with Crippen LogP contribution in [0.1, 0.15) is 85.6 Å². The molecule has 2 aliphatic carbocycles. The topological polar surface area (TPSA) is 50.2 Å². The molecule has 3 aliphatic heterocycles. The number of amides is 1. The highest BCUT2D eigenvalue weighted by Gasteiger charge is 2.36. The normalized spacial score (nSPS) is 31.6. The summed E-state index contributed by atoms with van der Waals surface area (Å²) >= 11 is 0. The van der Waals surface area contributed by atoms with E-state index in [1.165, 1.54) is 82.1 Å². The maximum atomic E-state index is 13.2. The Kier molecular flexibility index (Phi) is 4.51. The van der Waals surface area contributed by atoms with Gasteiger partial charge >= 0.3 is 0 Å². The molecule has 0 radical (unpaired) electrons. The molecule has 26 heavy (non-hydrogen) atoms. The summed E-state index contributed by atoms with van der Waals surface area (Å²) in [7, 11) is 0. The van der Waals surface area contributed by atoms with Crippen molar-refractivity contribution in [2.24, 2.45) is 5.92 Å². The van der Waals surface area contributed by atoms with Crippen LogP contribution in [0.15, 0.2) is 0 Å². The lowest BCUT2D eigenvalue weighted by Gasteiger charge is -2.44. The molecule has 0 aromatic carbocycles. The molecule has 1 atom stereocenters. The number of carbonyl (C=O) groups excluding carboxylic acids is 1. The molecule has 6 rings (SSSR count). The first-order valence-electron chi connectivity index (χ1n) is 10.9. The minimum absolute atomic E-state index is 0.0939. The molecule has 1 aromatic heterocycles. The van der Waals surface area contributed by atoms with Gasteiger partial charge in [0.2, 0.25) is 0 Å². The molecule has 5 heteroatoms. The molecule has 1 N–H and O–H groups in total. The predicted molar refractivity (Wildman–Crippen MR) is 101 cm³/mol. The number of nitrogens with zero attached hydrogens (tertiary/aromatic N) is 3. The molecule has 4 fully saturated rings. The summed E-state index contributed by atoms with van der Waals surface area (Å²) in [4.78, 5) is 15.7. The van der Waals surface area contributed by atoms with Crippen LogP contribution in [0.4, 0.5) is 0 Å². The van der Waals surface area contributed by atoms with Gasteiger partial charge < -0.3 is 10.2 Å². The molecule has 3 saturated heterocycles. The van der Waals surface area contributed by atoms with Crippen LogP contribution in [0.2, 0.25) is 0 Å². The van der Waals surface area contributed by atoms with Crippen molar-refractivity contribution in [2.75, 3.05) is 19.6 Å². The second-order valence-corrected chi connectivity index (χ2v) is 8.94. The summed E-state index contributed by atoms with van der Waals surface area (Å²) in [6.45, 7) is 3.45. The Balaban J connectivity index is 1.39. The van der Waals surface area contributed by atoms with Gasteiger partial charge in [-0.3, -0.25) is 9.48 Å². The molecule has 1 amide bonds. The first-order chi connectivity index (χ1) is 12.8. The third-order valence-electron chi connectivity index (χ3n) is 7.32. The molecular weight excluding hydrogens is 324 g/mol. The number of hydrogen-bond acceptors (Lipinski definition) is 3. The van der Waals surface area contributed by atoms with Crippen LogP contribution in [-0.2, 0) is 12.8 Å². The van der Waals surface area contributed by atoms with E-state index in [9.17, 15) is 4.79 Å². The van der Waals surface area contributed by atoms with E-state index in [1.807, 2.05) is 0 Å². The van der Waals surface area contributed by atoms with Gasteiger partial charge in [-0.15, -0.1) is 0 Å². The minimum atomic E-state index is 0.0939. The Hall–Kier alpha value is -1.36. The molecule has 1 saturated carbocycles. The first-order valence-corrected chi connectivity index (χ1v) is 10.9. The molecule has 1 unspecified atom stereocenters. The van der Waals surface area contributed by atoms with Gasteiger partial charge in [0.05, 0.1) is 6.04 Å². The van der Waals surface area contributed by atoms with E-state index in [2.05, 4.69) is 14.9 Å². The van der Waals surface area contributed by atoms with Gasteiger partial charge in [0, 0.05) is 23.8 Å². The van der Waals surface area contributed by atoms with Crippen molar-refractivity contribution in [3.63, 3.8) is 0 Å². The van der Waals surface area contributed by atoms with Crippen LogP contribution >= 0.6 is 0 Å². The molecule has 2 bridgehead atoms. The van der Waals surface area contributed by atoms with Gasteiger partial charge in [-0.1, -0.05) is 19.3 Å². The second kappa shape index (κ2) is 6.99. The average molecular weight is 357 g/mol. The fourth-order valence-electron chi connectivity index (χ4n) is 5.80. The fourth-order valence-corrected chi connectivity index (χ4v) is 5.80. The number of carbonyl (C=O) groups is 1. The molecule has 4 heterocycles. The highest BCUT2D eigenvalue weighted by atomic mass is 16.2. The summed E-state index contributed by atoms with van der Waals surface area (Å²) < 4.78 is 2.28. The summed E-state index contributed by atoms with van der Waals surface area (Å²) in [5.74, 6) is 0.761. The van der Waals surface area contributed by atoms with Crippen LogP contribution in [0.25, 0.3) is 0 Å².